The molecule has 0 saturated heterocycles. The highest BCUT2D eigenvalue weighted by Gasteiger charge is 2.22. The highest BCUT2D eigenvalue weighted by atomic mass is 16.4. The van der Waals surface area contributed by atoms with Crippen LogP contribution in [0.1, 0.15) is 66.8 Å². The van der Waals surface area contributed by atoms with Crippen molar-refractivity contribution in [2.24, 2.45) is 5.73 Å². The molecule has 0 atom stereocenters. The minimum atomic E-state index is -0.869. The van der Waals surface area contributed by atoms with Gasteiger partial charge in [0.25, 0.3) is 0 Å². The summed E-state index contributed by atoms with van der Waals surface area (Å²) < 4.78 is 2.13. The van der Waals surface area contributed by atoms with Crippen molar-refractivity contribution in [1.82, 2.24) is 4.57 Å². The van der Waals surface area contributed by atoms with Gasteiger partial charge in [-0.25, -0.2) is 4.79 Å². The first-order valence-electron chi connectivity index (χ1n) is 7.90. The quantitative estimate of drug-likeness (QED) is 0.881. The minimum Gasteiger partial charge on any atom is -0.478 e. The van der Waals surface area contributed by atoms with Crippen LogP contribution in [0, 0.1) is 6.92 Å². The lowest BCUT2D eigenvalue weighted by atomic mass is 9.96. The summed E-state index contributed by atoms with van der Waals surface area (Å²) in [5.41, 5.74) is 10.4. The van der Waals surface area contributed by atoms with Gasteiger partial charge >= 0.3 is 5.97 Å². The Hall–Kier alpha value is -1.81. The van der Waals surface area contributed by atoms with Crippen LogP contribution in [0.2, 0.25) is 0 Å². The van der Waals surface area contributed by atoms with Gasteiger partial charge in [0, 0.05) is 17.1 Å². The van der Waals surface area contributed by atoms with Crippen molar-refractivity contribution in [2.75, 3.05) is 6.54 Å². The van der Waals surface area contributed by atoms with Crippen LogP contribution >= 0.6 is 0 Å². The van der Waals surface area contributed by atoms with E-state index in [1.54, 1.807) is 0 Å². The predicted octanol–water partition coefficient (Wildman–Crippen LogP) is 3.85. The summed E-state index contributed by atoms with van der Waals surface area (Å²) in [6, 6.07) is 4.17. The fourth-order valence-corrected chi connectivity index (χ4v) is 3.26. The number of carboxylic acids is 1. The average molecular weight is 302 g/mol. The molecule has 1 heterocycles. The van der Waals surface area contributed by atoms with Crippen molar-refractivity contribution in [1.29, 1.82) is 0 Å². The Balaban J connectivity index is 2.96. The largest absolute Gasteiger partial charge is 0.478 e. The fourth-order valence-electron chi connectivity index (χ4n) is 3.26. The van der Waals surface area contributed by atoms with Gasteiger partial charge in [-0.2, -0.15) is 0 Å². The number of carbonyl (C=O) groups is 1. The Kier molecular flexibility index (Phi) is 4.61. The monoisotopic (exact) mass is 302 g/mol. The predicted molar refractivity (Wildman–Crippen MR) is 90.9 cm³/mol. The van der Waals surface area contributed by atoms with Crippen LogP contribution in [0.3, 0.4) is 0 Å². The van der Waals surface area contributed by atoms with Crippen molar-refractivity contribution in [3.8, 4) is 0 Å². The molecule has 1 aromatic carbocycles. The number of nitrogens with zero attached hydrogens (tertiary/aromatic N) is 1. The molecule has 0 radical (unpaired) electrons. The molecule has 0 bridgehead atoms. The molecule has 2 rings (SSSR count). The summed E-state index contributed by atoms with van der Waals surface area (Å²) in [6.45, 7) is 11.0. The summed E-state index contributed by atoms with van der Waals surface area (Å²) in [7, 11) is 0. The summed E-state index contributed by atoms with van der Waals surface area (Å²) in [4.78, 5) is 11.8. The lowest BCUT2D eigenvalue weighted by molar-refractivity contribution is 0.0698. The van der Waals surface area contributed by atoms with E-state index in [1.807, 2.05) is 6.07 Å². The molecule has 0 spiro atoms. The first-order valence-corrected chi connectivity index (χ1v) is 7.90. The van der Waals surface area contributed by atoms with Crippen molar-refractivity contribution in [3.63, 3.8) is 0 Å². The average Bonchev–Trinajstić information content (AvgIpc) is 2.71. The maximum Gasteiger partial charge on any atom is 0.337 e. The van der Waals surface area contributed by atoms with E-state index in [0.29, 0.717) is 12.1 Å². The molecule has 4 nitrogen and oxygen atoms in total. The van der Waals surface area contributed by atoms with E-state index in [1.165, 1.54) is 5.56 Å². The maximum atomic E-state index is 11.8. The van der Waals surface area contributed by atoms with Crippen LogP contribution in [0.25, 0.3) is 10.9 Å². The number of rotatable bonds is 5. The number of aromatic carboxylic acids is 1. The molecule has 2 aromatic rings. The van der Waals surface area contributed by atoms with Crippen molar-refractivity contribution < 1.29 is 9.90 Å². The SMILES string of the molecule is Cc1c(CCN)c2cc(C(C)C)cc(C(=O)O)c2n1C(C)C. The number of hydrogen-bond donors (Lipinski definition) is 2. The van der Waals surface area contributed by atoms with Crippen molar-refractivity contribution >= 4 is 16.9 Å². The molecule has 0 fully saturated rings. The Morgan fingerprint density at radius 2 is 1.91 bits per heavy atom. The van der Waals surface area contributed by atoms with E-state index < -0.39 is 5.97 Å². The molecule has 3 N–H and O–H groups in total. The lowest BCUT2D eigenvalue weighted by Gasteiger charge is -2.15. The second-order valence-electron chi connectivity index (χ2n) is 6.49. The summed E-state index contributed by atoms with van der Waals surface area (Å²) in [5, 5.41) is 10.7. The van der Waals surface area contributed by atoms with Gasteiger partial charge in [0.1, 0.15) is 0 Å². The van der Waals surface area contributed by atoms with Gasteiger partial charge in [-0.3, -0.25) is 0 Å². The second-order valence-corrected chi connectivity index (χ2v) is 6.49. The number of aromatic nitrogens is 1. The summed E-state index contributed by atoms with van der Waals surface area (Å²) in [6.07, 6.45) is 0.767. The van der Waals surface area contributed by atoms with E-state index in [2.05, 4.69) is 45.3 Å². The Morgan fingerprint density at radius 1 is 1.27 bits per heavy atom. The normalized spacial score (nSPS) is 11.8. The Morgan fingerprint density at radius 3 is 2.36 bits per heavy atom. The van der Waals surface area contributed by atoms with Crippen molar-refractivity contribution in [3.05, 3.63) is 34.5 Å². The van der Waals surface area contributed by atoms with Crippen LogP contribution < -0.4 is 5.73 Å². The second kappa shape index (κ2) is 6.13. The van der Waals surface area contributed by atoms with Gasteiger partial charge in [0.05, 0.1) is 11.1 Å². The Bertz CT molecular complexity index is 712. The van der Waals surface area contributed by atoms with Gasteiger partial charge in [-0.15, -0.1) is 0 Å². The number of fused-ring (bicyclic) bond motifs is 1. The Labute approximate surface area is 131 Å². The highest BCUT2D eigenvalue weighted by Crippen LogP contribution is 2.34. The topological polar surface area (TPSA) is 68.2 Å². The molecular weight excluding hydrogens is 276 g/mol. The van der Waals surface area contributed by atoms with E-state index >= 15 is 0 Å². The van der Waals surface area contributed by atoms with Crippen LogP contribution in [0.5, 0.6) is 0 Å². The van der Waals surface area contributed by atoms with Gasteiger partial charge in [0.15, 0.2) is 0 Å². The molecule has 22 heavy (non-hydrogen) atoms. The zero-order valence-corrected chi connectivity index (χ0v) is 14.1. The standard InChI is InChI=1S/C18H26N2O2/c1-10(2)13-8-15-14(6-7-19)12(5)20(11(3)4)17(15)16(9-13)18(21)22/h8-11H,6-7,19H2,1-5H3,(H,21,22). The molecule has 0 aliphatic rings. The molecule has 4 heteroatoms. The van der Waals surface area contributed by atoms with Crippen molar-refractivity contribution in [2.45, 2.75) is 53.0 Å². The molecule has 0 aliphatic carbocycles. The molecular formula is C18H26N2O2. The maximum absolute atomic E-state index is 11.8. The van der Waals surface area contributed by atoms with Gasteiger partial charge in [0.2, 0.25) is 0 Å². The third-order valence-electron chi connectivity index (χ3n) is 4.30. The molecule has 0 unspecified atom stereocenters. The van der Waals surface area contributed by atoms with E-state index in [0.717, 1.165) is 28.6 Å². The third kappa shape index (κ3) is 2.63. The van der Waals surface area contributed by atoms with Gasteiger partial charge in [-0.05, 0) is 62.9 Å². The minimum absolute atomic E-state index is 0.206. The molecule has 1 aromatic heterocycles. The first kappa shape index (κ1) is 16.6. The molecule has 0 aliphatic heterocycles. The summed E-state index contributed by atoms with van der Waals surface area (Å²) >= 11 is 0. The number of benzene rings is 1. The lowest BCUT2D eigenvalue weighted by Crippen LogP contribution is -2.08. The number of carboxylic acid groups (broad SMARTS) is 1. The van der Waals surface area contributed by atoms with Gasteiger partial charge < -0.3 is 15.4 Å². The third-order valence-corrected chi connectivity index (χ3v) is 4.30. The zero-order valence-electron chi connectivity index (χ0n) is 14.1. The number of nitrogens with two attached hydrogens (primary N) is 1. The zero-order chi connectivity index (χ0) is 16.6. The first-order chi connectivity index (χ1) is 10.3. The van der Waals surface area contributed by atoms with E-state index in [-0.39, 0.29) is 12.0 Å². The molecule has 120 valence electrons. The van der Waals surface area contributed by atoms with Gasteiger partial charge in [-0.1, -0.05) is 13.8 Å². The van der Waals surface area contributed by atoms with E-state index in [4.69, 9.17) is 5.73 Å². The van der Waals surface area contributed by atoms with Crippen LogP contribution in [-0.2, 0) is 6.42 Å². The molecule has 0 saturated carbocycles. The van der Waals surface area contributed by atoms with Crippen LogP contribution in [0.15, 0.2) is 12.1 Å². The molecule has 0 amide bonds. The van der Waals surface area contributed by atoms with Crippen LogP contribution in [-0.4, -0.2) is 22.2 Å². The van der Waals surface area contributed by atoms with Crippen LogP contribution in [0.4, 0.5) is 0 Å². The number of hydrogen-bond acceptors (Lipinski definition) is 2. The smallest absolute Gasteiger partial charge is 0.337 e. The fraction of sp³-hybridized carbons (Fsp3) is 0.500. The highest BCUT2D eigenvalue weighted by molar-refractivity contribution is 6.04. The van der Waals surface area contributed by atoms with E-state index in [9.17, 15) is 9.90 Å². The summed E-state index contributed by atoms with van der Waals surface area (Å²) in [5.74, 6) is -0.581.